The molecule has 2 rings (SSSR count). The first-order valence-electron chi connectivity index (χ1n) is 6.94. The number of likely N-dealkylation sites (tertiary alicyclic amines) is 1. The van der Waals surface area contributed by atoms with Gasteiger partial charge < -0.3 is 10.5 Å². The van der Waals surface area contributed by atoms with Crippen LogP contribution in [-0.4, -0.2) is 37.5 Å². The molecule has 5 heteroatoms. The maximum atomic E-state index is 13.2. The third-order valence-electron chi connectivity index (χ3n) is 3.87. The Morgan fingerprint density at radius 1 is 1.45 bits per heavy atom. The van der Waals surface area contributed by atoms with Crippen LogP contribution in [0.3, 0.4) is 0 Å². The van der Waals surface area contributed by atoms with Crippen molar-refractivity contribution in [3.63, 3.8) is 0 Å². The number of nitrogen functional groups attached to an aromatic ring is 1. The summed E-state index contributed by atoms with van der Waals surface area (Å²) in [7, 11) is 1.74. The molecule has 0 saturated carbocycles. The van der Waals surface area contributed by atoms with Crippen LogP contribution in [0, 0.1) is 17.1 Å². The summed E-state index contributed by atoms with van der Waals surface area (Å²) in [6, 6.07) is 4.50. The van der Waals surface area contributed by atoms with Crippen LogP contribution in [0.1, 0.15) is 24.0 Å². The Labute approximate surface area is 119 Å². The van der Waals surface area contributed by atoms with Crippen molar-refractivity contribution in [3.8, 4) is 0 Å². The molecular formula is C15H22FN3O. The second-order valence-corrected chi connectivity index (χ2v) is 5.39. The number of rotatable bonds is 5. The van der Waals surface area contributed by atoms with Crippen molar-refractivity contribution in [3.05, 3.63) is 35.1 Å². The molecule has 3 N–H and O–H groups in total. The van der Waals surface area contributed by atoms with E-state index >= 15 is 0 Å². The van der Waals surface area contributed by atoms with Gasteiger partial charge in [-0.25, -0.2) is 4.39 Å². The van der Waals surface area contributed by atoms with Gasteiger partial charge in [0.1, 0.15) is 11.7 Å². The molecule has 0 radical (unpaired) electrons. The summed E-state index contributed by atoms with van der Waals surface area (Å²) in [4.78, 5) is 2.33. The first kappa shape index (κ1) is 14.9. The second kappa shape index (κ2) is 6.81. The molecule has 1 heterocycles. The summed E-state index contributed by atoms with van der Waals surface area (Å²) < 4.78 is 18.4. The Bertz CT molecular complexity index is 470. The van der Waals surface area contributed by atoms with E-state index in [2.05, 4.69) is 4.90 Å². The molecule has 0 spiro atoms. The summed E-state index contributed by atoms with van der Waals surface area (Å²) in [5.74, 6) is 0.211. The SMILES string of the molecule is COCC1CCN(Cc2ccc(F)cc2C(=N)N)CC1. The van der Waals surface area contributed by atoms with Crippen LogP contribution in [0.5, 0.6) is 0 Å². The highest BCUT2D eigenvalue weighted by molar-refractivity contribution is 5.96. The summed E-state index contributed by atoms with van der Waals surface area (Å²) in [5, 5.41) is 7.55. The minimum atomic E-state index is -0.349. The lowest BCUT2D eigenvalue weighted by atomic mass is 9.97. The number of benzene rings is 1. The number of piperidine rings is 1. The van der Waals surface area contributed by atoms with Crippen LogP contribution in [0.2, 0.25) is 0 Å². The number of nitrogens with one attached hydrogen (secondary N) is 1. The fraction of sp³-hybridized carbons (Fsp3) is 0.533. The van der Waals surface area contributed by atoms with Crippen LogP contribution >= 0.6 is 0 Å². The minimum Gasteiger partial charge on any atom is -0.384 e. The molecule has 0 aliphatic carbocycles. The van der Waals surface area contributed by atoms with Crippen molar-refractivity contribution in [2.45, 2.75) is 19.4 Å². The zero-order chi connectivity index (χ0) is 14.5. The molecule has 110 valence electrons. The number of nitrogens with two attached hydrogens (primary N) is 1. The standard InChI is InChI=1S/C15H22FN3O/c1-20-10-11-4-6-19(7-5-11)9-12-2-3-13(16)8-14(12)15(17)18/h2-3,8,11H,4-7,9-10H2,1H3,(H3,17,18). The Kier molecular flexibility index (Phi) is 5.09. The average molecular weight is 279 g/mol. The summed E-state index contributed by atoms with van der Waals surface area (Å²) >= 11 is 0. The molecule has 1 saturated heterocycles. The van der Waals surface area contributed by atoms with Gasteiger partial charge in [-0.3, -0.25) is 10.3 Å². The van der Waals surface area contributed by atoms with E-state index in [1.165, 1.54) is 12.1 Å². The van der Waals surface area contributed by atoms with Gasteiger partial charge in [-0.15, -0.1) is 0 Å². The van der Waals surface area contributed by atoms with Crippen LogP contribution in [0.25, 0.3) is 0 Å². The lowest BCUT2D eigenvalue weighted by molar-refractivity contribution is 0.0968. The van der Waals surface area contributed by atoms with Gasteiger partial charge in [-0.05, 0) is 49.5 Å². The Morgan fingerprint density at radius 3 is 2.75 bits per heavy atom. The second-order valence-electron chi connectivity index (χ2n) is 5.39. The van der Waals surface area contributed by atoms with Crippen LogP contribution in [-0.2, 0) is 11.3 Å². The van der Waals surface area contributed by atoms with Gasteiger partial charge in [0.2, 0.25) is 0 Å². The average Bonchev–Trinajstić information content (AvgIpc) is 2.43. The molecule has 0 aromatic heterocycles. The zero-order valence-electron chi connectivity index (χ0n) is 11.9. The molecule has 1 aromatic rings. The van der Waals surface area contributed by atoms with Crippen molar-refractivity contribution in [2.24, 2.45) is 11.7 Å². The molecule has 0 atom stereocenters. The van der Waals surface area contributed by atoms with E-state index < -0.39 is 0 Å². The molecule has 0 amide bonds. The predicted molar refractivity (Wildman–Crippen MR) is 77.3 cm³/mol. The van der Waals surface area contributed by atoms with Crippen LogP contribution in [0.4, 0.5) is 4.39 Å². The highest BCUT2D eigenvalue weighted by Gasteiger charge is 2.20. The maximum absolute atomic E-state index is 13.2. The number of nitrogens with zero attached hydrogens (tertiary/aromatic N) is 1. The molecule has 20 heavy (non-hydrogen) atoms. The van der Waals surface area contributed by atoms with Gasteiger partial charge in [0, 0.05) is 25.8 Å². The lowest BCUT2D eigenvalue weighted by Crippen LogP contribution is -2.35. The molecule has 1 aliphatic rings. The Morgan fingerprint density at radius 2 is 2.15 bits per heavy atom. The third-order valence-corrected chi connectivity index (χ3v) is 3.87. The van der Waals surface area contributed by atoms with E-state index in [-0.39, 0.29) is 11.7 Å². The normalized spacial score (nSPS) is 17.3. The predicted octanol–water partition coefficient (Wildman–Crippen LogP) is 1.97. The van der Waals surface area contributed by atoms with E-state index in [1.807, 2.05) is 0 Å². The quantitative estimate of drug-likeness (QED) is 0.640. The number of halogens is 1. The van der Waals surface area contributed by atoms with Gasteiger partial charge >= 0.3 is 0 Å². The maximum Gasteiger partial charge on any atom is 0.123 e. The van der Waals surface area contributed by atoms with Gasteiger partial charge in [-0.2, -0.15) is 0 Å². The first-order chi connectivity index (χ1) is 9.60. The largest absolute Gasteiger partial charge is 0.384 e. The topological polar surface area (TPSA) is 62.3 Å². The Hall–Kier alpha value is -1.46. The van der Waals surface area contributed by atoms with E-state index in [4.69, 9.17) is 15.9 Å². The fourth-order valence-corrected chi connectivity index (χ4v) is 2.73. The summed E-state index contributed by atoms with van der Waals surface area (Å²) in [5.41, 5.74) is 6.96. The highest BCUT2D eigenvalue weighted by Crippen LogP contribution is 2.20. The van der Waals surface area contributed by atoms with E-state index in [9.17, 15) is 4.39 Å². The first-order valence-corrected chi connectivity index (χ1v) is 6.94. The molecule has 0 bridgehead atoms. The van der Waals surface area contributed by atoms with E-state index in [1.54, 1.807) is 13.2 Å². The minimum absolute atomic E-state index is 0.0752. The van der Waals surface area contributed by atoms with Crippen LogP contribution < -0.4 is 5.73 Å². The molecule has 1 fully saturated rings. The molecule has 1 aliphatic heterocycles. The van der Waals surface area contributed by atoms with Crippen molar-refractivity contribution in [1.29, 1.82) is 5.41 Å². The number of ether oxygens (including phenoxy) is 1. The van der Waals surface area contributed by atoms with Crippen molar-refractivity contribution in [2.75, 3.05) is 26.8 Å². The molecule has 4 nitrogen and oxygen atoms in total. The van der Waals surface area contributed by atoms with Gasteiger partial charge in [0.05, 0.1) is 0 Å². The number of methoxy groups -OCH3 is 1. The number of amidine groups is 1. The summed E-state index contributed by atoms with van der Waals surface area (Å²) in [6.07, 6.45) is 2.23. The molecular weight excluding hydrogens is 257 g/mol. The monoisotopic (exact) mass is 279 g/mol. The van der Waals surface area contributed by atoms with Gasteiger partial charge in [-0.1, -0.05) is 6.07 Å². The van der Waals surface area contributed by atoms with Crippen molar-refractivity contribution in [1.82, 2.24) is 4.90 Å². The fourth-order valence-electron chi connectivity index (χ4n) is 2.73. The lowest BCUT2D eigenvalue weighted by Gasteiger charge is -2.32. The zero-order valence-corrected chi connectivity index (χ0v) is 11.9. The Balaban J connectivity index is 1.99. The smallest absolute Gasteiger partial charge is 0.123 e. The van der Waals surface area contributed by atoms with Gasteiger partial charge in [0.15, 0.2) is 0 Å². The van der Waals surface area contributed by atoms with Crippen LogP contribution in [0.15, 0.2) is 18.2 Å². The van der Waals surface area contributed by atoms with E-state index in [0.717, 1.165) is 44.6 Å². The highest BCUT2D eigenvalue weighted by atomic mass is 19.1. The van der Waals surface area contributed by atoms with E-state index in [0.29, 0.717) is 11.5 Å². The van der Waals surface area contributed by atoms with Crippen molar-refractivity contribution >= 4 is 5.84 Å². The molecule has 1 aromatic carbocycles. The summed E-state index contributed by atoms with van der Waals surface area (Å²) in [6.45, 7) is 3.55. The number of hydrogen-bond donors (Lipinski definition) is 2. The van der Waals surface area contributed by atoms with Gasteiger partial charge in [0.25, 0.3) is 0 Å². The molecule has 0 unspecified atom stereocenters. The third kappa shape index (κ3) is 3.77. The van der Waals surface area contributed by atoms with Crippen molar-refractivity contribution < 1.29 is 9.13 Å². The number of hydrogen-bond acceptors (Lipinski definition) is 3.